The molecule has 0 radical (unpaired) electrons. The van der Waals surface area contributed by atoms with Crippen molar-refractivity contribution in [2.75, 3.05) is 5.73 Å². The monoisotopic (exact) mass is 196 g/mol. The summed E-state index contributed by atoms with van der Waals surface area (Å²) in [5, 5.41) is 0.484. The minimum absolute atomic E-state index is 0.0141. The second-order valence-corrected chi connectivity index (χ2v) is 3.36. The molecule has 3 N–H and O–H groups in total. The number of halogens is 2. The molecule has 14 heavy (non-hydrogen) atoms. The van der Waals surface area contributed by atoms with Gasteiger partial charge in [0.25, 0.3) is 5.92 Å². The van der Waals surface area contributed by atoms with Crippen LogP contribution < -0.4 is 5.73 Å². The van der Waals surface area contributed by atoms with E-state index in [9.17, 15) is 8.78 Å². The highest BCUT2D eigenvalue weighted by atomic mass is 19.3. The Labute approximate surface area is 79.7 Å². The van der Waals surface area contributed by atoms with Crippen molar-refractivity contribution >= 4 is 16.6 Å². The summed E-state index contributed by atoms with van der Waals surface area (Å²) in [4.78, 5) is 2.76. The number of hydrogen-bond acceptors (Lipinski definition) is 1. The van der Waals surface area contributed by atoms with E-state index in [0.717, 1.165) is 6.92 Å². The van der Waals surface area contributed by atoms with Crippen molar-refractivity contribution in [3.8, 4) is 0 Å². The Bertz CT molecular complexity index is 468. The van der Waals surface area contributed by atoms with Crippen molar-refractivity contribution in [3.63, 3.8) is 0 Å². The van der Waals surface area contributed by atoms with Crippen LogP contribution in [-0.4, -0.2) is 4.98 Å². The van der Waals surface area contributed by atoms with Gasteiger partial charge in [-0.2, -0.15) is 0 Å². The van der Waals surface area contributed by atoms with Crippen LogP contribution in [0.4, 0.5) is 14.5 Å². The van der Waals surface area contributed by atoms with E-state index in [1.165, 1.54) is 6.20 Å². The van der Waals surface area contributed by atoms with E-state index in [4.69, 9.17) is 5.73 Å². The van der Waals surface area contributed by atoms with E-state index in [0.29, 0.717) is 16.6 Å². The van der Waals surface area contributed by atoms with E-state index >= 15 is 0 Å². The summed E-state index contributed by atoms with van der Waals surface area (Å²) < 4.78 is 26.2. The van der Waals surface area contributed by atoms with Crippen LogP contribution in [0.15, 0.2) is 24.4 Å². The standard InChI is InChI=1S/C10H10F2N2/c1-10(11,12)7-5-14-9-6(7)3-2-4-8(9)13/h2-5,14H,13H2,1H3. The lowest BCUT2D eigenvalue weighted by molar-refractivity contribution is 0.0191. The Kier molecular flexibility index (Phi) is 1.74. The second-order valence-electron chi connectivity index (χ2n) is 3.36. The zero-order valence-corrected chi connectivity index (χ0v) is 7.64. The summed E-state index contributed by atoms with van der Waals surface area (Å²) in [6.45, 7) is 0.874. The smallest absolute Gasteiger partial charge is 0.272 e. The SMILES string of the molecule is CC(F)(F)c1c[nH]c2c(N)cccc12. The van der Waals surface area contributed by atoms with Crippen molar-refractivity contribution in [2.45, 2.75) is 12.8 Å². The zero-order valence-electron chi connectivity index (χ0n) is 7.64. The van der Waals surface area contributed by atoms with Gasteiger partial charge in [-0.3, -0.25) is 0 Å². The number of nitrogen functional groups attached to an aromatic ring is 1. The molecule has 0 spiro atoms. The van der Waals surface area contributed by atoms with Crippen LogP contribution in [-0.2, 0) is 5.92 Å². The molecule has 0 aliphatic carbocycles. The van der Waals surface area contributed by atoms with Gasteiger partial charge in [0.15, 0.2) is 0 Å². The molecule has 2 nitrogen and oxygen atoms in total. The molecule has 0 fully saturated rings. The number of fused-ring (bicyclic) bond motifs is 1. The Balaban J connectivity index is 2.76. The first-order chi connectivity index (χ1) is 6.50. The second kappa shape index (κ2) is 2.70. The van der Waals surface area contributed by atoms with Gasteiger partial charge in [-0.25, -0.2) is 8.78 Å². The highest BCUT2D eigenvalue weighted by Crippen LogP contribution is 2.34. The summed E-state index contributed by atoms with van der Waals surface area (Å²) in [5.41, 5.74) is 6.68. The van der Waals surface area contributed by atoms with Crippen LogP contribution in [0.2, 0.25) is 0 Å². The molecule has 2 aromatic rings. The van der Waals surface area contributed by atoms with Crippen LogP contribution in [0.25, 0.3) is 10.9 Å². The first-order valence-electron chi connectivity index (χ1n) is 4.24. The Hall–Kier alpha value is -1.58. The van der Waals surface area contributed by atoms with Gasteiger partial charge in [0.2, 0.25) is 0 Å². The third-order valence-electron chi connectivity index (χ3n) is 2.22. The number of benzene rings is 1. The maximum atomic E-state index is 13.1. The Morgan fingerprint density at radius 2 is 2.07 bits per heavy atom. The zero-order chi connectivity index (χ0) is 10.3. The van der Waals surface area contributed by atoms with Crippen molar-refractivity contribution in [1.82, 2.24) is 4.98 Å². The molecule has 2 rings (SSSR count). The number of anilines is 1. The topological polar surface area (TPSA) is 41.8 Å². The predicted octanol–water partition coefficient (Wildman–Crippen LogP) is 2.86. The summed E-state index contributed by atoms with van der Waals surface area (Å²) >= 11 is 0. The van der Waals surface area contributed by atoms with Crippen molar-refractivity contribution in [3.05, 3.63) is 30.0 Å². The maximum absolute atomic E-state index is 13.1. The van der Waals surface area contributed by atoms with Gasteiger partial charge in [-0.1, -0.05) is 12.1 Å². The van der Waals surface area contributed by atoms with Crippen molar-refractivity contribution in [2.24, 2.45) is 0 Å². The summed E-state index contributed by atoms with van der Waals surface area (Å²) in [6, 6.07) is 4.98. The molecule has 74 valence electrons. The molecule has 0 atom stereocenters. The number of nitrogens with one attached hydrogen (secondary N) is 1. The minimum atomic E-state index is -2.84. The van der Waals surface area contributed by atoms with E-state index in [-0.39, 0.29) is 5.56 Å². The first-order valence-corrected chi connectivity index (χ1v) is 4.24. The number of hydrogen-bond donors (Lipinski definition) is 2. The van der Waals surface area contributed by atoms with Gasteiger partial charge in [-0.15, -0.1) is 0 Å². The molecule has 0 aliphatic rings. The molecule has 1 heterocycles. The van der Waals surface area contributed by atoms with Crippen LogP contribution in [0, 0.1) is 0 Å². The predicted molar refractivity (Wildman–Crippen MR) is 52.3 cm³/mol. The molecule has 0 bridgehead atoms. The lowest BCUT2D eigenvalue weighted by Crippen LogP contribution is -2.05. The van der Waals surface area contributed by atoms with Crippen molar-refractivity contribution < 1.29 is 8.78 Å². The molecule has 0 saturated heterocycles. The largest absolute Gasteiger partial charge is 0.397 e. The average Bonchev–Trinajstić information content (AvgIpc) is 2.47. The molecule has 1 aromatic carbocycles. The molecule has 0 saturated carbocycles. The third-order valence-corrected chi connectivity index (χ3v) is 2.22. The number of nitrogens with two attached hydrogens (primary N) is 1. The Morgan fingerprint density at radius 1 is 1.36 bits per heavy atom. The number of aromatic amines is 1. The van der Waals surface area contributed by atoms with Crippen LogP contribution in [0.3, 0.4) is 0 Å². The van der Waals surface area contributed by atoms with E-state index in [1.807, 2.05) is 0 Å². The van der Waals surface area contributed by atoms with Gasteiger partial charge in [0.05, 0.1) is 11.2 Å². The molecule has 0 amide bonds. The molecular formula is C10H10F2N2. The fourth-order valence-corrected chi connectivity index (χ4v) is 1.54. The average molecular weight is 196 g/mol. The molecular weight excluding hydrogens is 186 g/mol. The number of aromatic nitrogens is 1. The van der Waals surface area contributed by atoms with Crippen LogP contribution >= 0.6 is 0 Å². The van der Waals surface area contributed by atoms with Crippen LogP contribution in [0.5, 0.6) is 0 Å². The number of alkyl halides is 2. The highest BCUT2D eigenvalue weighted by Gasteiger charge is 2.27. The molecule has 4 heteroatoms. The van der Waals surface area contributed by atoms with Gasteiger partial charge in [-0.05, 0) is 6.07 Å². The molecule has 0 aliphatic heterocycles. The summed E-state index contributed by atoms with van der Waals surface area (Å²) in [6.07, 6.45) is 1.31. The maximum Gasteiger partial charge on any atom is 0.272 e. The van der Waals surface area contributed by atoms with Gasteiger partial charge in [0, 0.05) is 24.1 Å². The van der Waals surface area contributed by atoms with Gasteiger partial charge in [0.1, 0.15) is 0 Å². The van der Waals surface area contributed by atoms with E-state index < -0.39 is 5.92 Å². The Morgan fingerprint density at radius 3 is 2.71 bits per heavy atom. The first kappa shape index (κ1) is 8.99. The molecule has 1 aromatic heterocycles. The van der Waals surface area contributed by atoms with Crippen molar-refractivity contribution in [1.29, 1.82) is 0 Å². The van der Waals surface area contributed by atoms with Gasteiger partial charge < -0.3 is 10.7 Å². The molecule has 0 unspecified atom stereocenters. The number of para-hydroxylation sites is 1. The van der Waals surface area contributed by atoms with E-state index in [2.05, 4.69) is 4.98 Å². The third kappa shape index (κ3) is 1.23. The number of H-pyrrole nitrogens is 1. The quantitative estimate of drug-likeness (QED) is 0.676. The highest BCUT2D eigenvalue weighted by molar-refractivity contribution is 5.92. The fraction of sp³-hybridized carbons (Fsp3) is 0.200. The fourth-order valence-electron chi connectivity index (χ4n) is 1.54. The summed E-state index contributed by atoms with van der Waals surface area (Å²) in [7, 11) is 0. The summed E-state index contributed by atoms with van der Waals surface area (Å²) in [5.74, 6) is -2.84. The number of rotatable bonds is 1. The lowest BCUT2D eigenvalue weighted by Gasteiger charge is -2.08. The normalized spacial score (nSPS) is 12.2. The van der Waals surface area contributed by atoms with E-state index in [1.54, 1.807) is 18.2 Å². The van der Waals surface area contributed by atoms with Gasteiger partial charge >= 0.3 is 0 Å². The van der Waals surface area contributed by atoms with Crippen LogP contribution in [0.1, 0.15) is 12.5 Å². The lowest BCUT2D eigenvalue weighted by atomic mass is 10.1. The minimum Gasteiger partial charge on any atom is -0.397 e.